The van der Waals surface area contributed by atoms with Crippen LogP contribution in [-0.4, -0.2) is 49.7 Å². The van der Waals surface area contributed by atoms with Crippen molar-refractivity contribution in [3.63, 3.8) is 0 Å². The van der Waals surface area contributed by atoms with Crippen LogP contribution in [0.2, 0.25) is 0 Å². The minimum atomic E-state index is 0.694. The summed E-state index contributed by atoms with van der Waals surface area (Å²) in [5.74, 6) is 3.01. The number of hydrogen-bond donors (Lipinski definition) is 2. The van der Waals surface area contributed by atoms with Crippen molar-refractivity contribution >= 4 is 16.9 Å². The van der Waals surface area contributed by atoms with Crippen molar-refractivity contribution in [2.45, 2.75) is 32.6 Å². The third-order valence-corrected chi connectivity index (χ3v) is 5.04. The summed E-state index contributed by atoms with van der Waals surface area (Å²) in [6.45, 7) is 5.08. The minimum absolute atomic E-state index is 0.694. The van der Waals surface area contributed by atoms with Crippen molar-refractivity contribution in [1.82, 2.24) is 9.88 Å². The van der Waals surface area contributed by atoms with E-state index in [0.717, 1.165) is 54.9 Å². The molecule has 6 heteroatoms. The summed E-state index contributed by atoms with van der Waals surface area (Å²) in [6.07, 6.45) is 4.37. The number of benzene rings is 1. The van der Waals surface area contributed by atoms with Crippen LogP contribution in [0.1, 0.15) is 31.9 Å². The van der Waals surface area contributed by atoms with Gasteiger partial charge in [-0.15, -0.1) is 0 Å². The lowest BCUT2D eigenvalue weighted by atomic mass is 10.0. The molecule has 1 aliphatic rings. The number of aromatic amines is 1. The Hall–Kier alpha value is -2.37. The molecule has 1 aliphatic heterocycles. The normalized spacial score (nSPS) is 18.3. The van der Waals surface area contributed by atoms with Crippen molar-refractivity contribution in [3.8, 4) is 11.5 Å². The number of ether oxygens (including phenoxy) is 2. The zero-order chi connectivity index (χ0) is 18.5. The lowest BCUT2D eigenvalue weighted by Crippen LogP contribution is -2.43. The Balaban J connectivity index is 1.58. The van der Waals surface area contributed by atoms with Gasteiger partial charge in [-0.25, -0.2) is 0 Å². The summed E-state index contributed by atoms with van der Waals surface area (Å²) in [7, 11) is 3.34. The number of aryl methyl sites for hydroxylation is 1. The Bertz CT molecular complexity index is 769. The predicted molar refractivity (Wildman–Crippen MR) is 106 cm³/mol. The highest BCUT2D eigenvalue weighted by molar-refractivity contribution is 5.88. The van der Waals surface area contributed by atoms with Crippen LogP contribution in [0.5, 0.6) is 11.5 Å². The van der Waals surface area contributed by atoms with Crippen LogP contribution in [0.3, 0.4) is 0 Å². The first kappa shape index (κ1) is 18.4. The monoisotopic (exact) mass is 358 g/mol. The number of methoxy groups -OCH3 is 2. The van der Waals surface area contributed by atoms with Gasteiger partial charge in [0.1, 0.15) is 11.5 Å². The van der Waals surface area contributed by atoms with Crippen LogP contribution < -0.4 is 15.2 Å². The maximum absolute atomic E-state index is 6.16. The summed E-state index contributed by atoms with van der Waals surface area (Å²) in [5, 5.41) is 1.08. The fourth-order valence-electron chi connectivity index (χ4n) is 3.62. The molecule has 0 spiro atoms. The first-order valence-corrected chi connectivity index (χ1v) is 9.39. The Morgan fingerprint density at radius 3 is 2.88 bits per heavy atom. The molecule has 142 valence electrons. The lowest BCUT2D eigenvalue weighted by Gasteiger charge is -2.31. The number of nitrogens with one attached hydrogen (secondary N) is 1. The van der Waals surface area contributed by atoms with Gasteiger partial charge < -0.3 is 25.1 Å². The molecule has 0 aliphatic carbocycles. The number of guanidine groups is 1. The Kier molecular flexibility index (Phi) is 5.91. The van der Waals surface area contributed by atoms with Crippen molar-refractivity contribution in [1.29, 1.82) is 0 Å². The van der Waals surface area contributed by atoms with Crippen LogP contribution in [0.25, 0.3) is 10.9 Å². The second-order valence-corrected chi connectivity index (χ2v) is 7.12. The molecule has 2 aromatic rings. The van der Waals surface area contributed by atoms with Gasteiger partial charge in [-0.1, -0.05) is 6.92 Å². The standard InChI is InChI=1S/C20H30N4O2/c1-14-6-5-9-24(13-14)20(21)22-8-4-7-15-10-17-18(23-15)11-16(25-2)12-19(17)26-3/h10-12,14,23H,4-9,13H2,1-3H3,(H2,21,22). The van der Waals surface area contributed by atoms with Crippen molar-refractivity contribution in [2.75, 3.05) is 33.9 Å². The largest absolute Gasteiger partial charge is 0.497 e. The predicted octanol–water partition coefficient (Wildman–Crippen LogP) is 3.16. The molecule has 26 heavy (non-hydrogen) atoms. The zero-order valence-corrected chi connectivity index (χ0v) is 16.0. The molecular formula is C20H30N4O2. The molecule has 2 heterocycles. The number of rotatable bonds is 6. The maximum Gasteiger partial charge on any atom is 0.191 e. The van der Waals surface area contributed by atoms with Crippen LogP contribution in [0.15, 0.2) is 23.2 Å². The molecule has 1 atom stereocenters. The number of hydrogen-bond acceptors (Lipinski definition) is 3. The number of nitrogens with two attached hydrogens (primary N) is 1. The average molecular weight is 358 g/mol. The van der Waals surface area contributed by atoms with Gasteiger partial charge in [0, 0.05) is 42.8 Å². The smallest absolute Gasteiger partial charge is 0.191 e. The number of fused-ring (bicyclic) bond motifs is 1. The summed E-state index contributed by atoms with van der Waals surface area (Å²) in [6, 6.07) is 6.05. The second kappa shape index (κ2) is 8.34. The van der Waals surface area contributed by atoms with E-state index in [-0.39, 0.29) is 0 Å². The molecule has 3 rings (SSSR count). The molecule has 1 unspecified atom stereocenters. The molecule has 0 amide bonds. The highest BCUT2D eigenvalue weighted by Gasteiger charge is 2.17. The van der Waals surface area contributed by atoms with E-state index in [1.807, 2.05) is 12.1 Å². The van der Waals surface area contributed by atoms with Gasteiger partial charge in [0.15, 0.2) is 5.96 Å². The van der Waals surface area contributed by atoms with E-state index in [1.54, 1.807) is 14.2 Å². The molecule has 0 radical (unpaired) electrons. The summed E-state index contributed by atoms with van der Waals surface area (Å²) in [4.78, 5) is 10.2. The number of aromatic nitrogens is 1. The zero-order valence-electron chi connectivity index (χ0n) is 16.0. The average Bonchev–Trinajstić information content (AvgIpc) is 3.06. The molecule has 1 saturated heterocycles. The van der Waals surface area contributed by atoms with E-state index < -0.39 is 0 Å². The van der Waals surface area contributed by atoms with Crippen LogP contribution >= 0.6 is 0 Å². The summed E-state index contributed by atoms with van der Waals surface area (Å²) >= 11 is 0. The fraction of sp³-hybridized carbons (Fsp3) is 0.550. The fourth-order valence-corrected chi connectivity index (χ4v) is 3.62. The summed E-state index contributed by atoms with van der Waals surface area (Å²) < 4.78 is 10.8. The number of H-pyrrole nitrogens is 1. The highest BCUT2D eigenvalue weighted by atomic mass is 16.5. The SMILES string of the molecule is COc1cc(OC)c2cc(CCCN=C(N)N3CCCC(C)C3)[nH]c2c1. The highest BCUT2D eigenvalue weighted by Crippen LogP contribution is 2.31. The first-order valence-electron chi connectivity index (χ1n) is 9.39. The third kappa shape index (κ3) is 4.23. The van der Waals surface area contributed by atoms with E-state index in [9.17, 15) is 0 Å². The van der Waals surface area contributed by atoms with Crippen LogP contribution in [-0.2, 0) is 6.42 Å². The van der Waals surface area contributed by atoms with Gasteiger partial charge in [-0.3, -0.25) is 4.99 Å². The topological polar surface area (TPSA) is 75.9 Å². The van der Waals surface area contributed by atoms with E-state index >= 15 is 0 Å². The lowest BCUT2D eigenvalue weighted by molar-refractivity contribution is 0.270. The molecule has 1 aromatic carbocycles. The summed E-state index contributed by atoms with van der Waals surface area (Å²) in [5.41, 5.74) is 8.36. The molecule has 3 N–H and O–H groups in total. The number of likely N-dealkylation sites (tertiary alicyclic amines) is 1. The minimum Gasteiger partial charge on any atom is -0.497 e. The van der Waals surface area contributed by atoms with Crippen molar-refractivity contribution in [2.24, 2.45) is 16.6 Å². The first-order chi connectivity index (χ1) is 12.6. The van der Waals surface area contributed by atoms with E-state index in [4.69, 9.17) is 15.2 Å². The quantitative estimate of drug-likeness (QED) is 0.472. The number of nitrogens with zero attached hydrogens (tertiary/aromatic N) is 2. The van der Waals surface area contributed by atoms with Gasteiger partial charge in [0.25, 0.3) is 0 Å². The number of aliphatic imine (C=N–C) groups is 1. The molecule has 6 nitrogen and oxygen atoms in total. The van der Waals surface area contributed by atoms with Crippen LogP contribution in [0.4, 0.5) is 0 Å². The Labute approximate surface area is 155 Å². The van der Waals surface area contributed by atoms with Gasteiger partial charge in [-0.2, -0.15) is 0 Å². The van der Waals surface area contributed by atoms with Crippen LogP contribution in [0, 0.1) is 5.92 Å². The van der Waals surface area contributed by atoms with Gasteiger partial charge in [0.2, 0.25) is 0 Å². The molecule has 1 fully saturated rings. The van der Waals surface area contributed by atoms with Gasteiger partial charge >= 0.3 is 0 Å². The van der Waals surface area contributed by atoms with Crippen molar-refractivity contribution in [3.05, 3.63) is 23.9 Å². The van der Waals surface area contributed by atoms with Crippen molar-refractivity contribution < 1.29 is 9.47 Å². The molecule has 0 bridgehead atoms. The third-order valence-electron chi connectivity index (χ3n) is 5.04. The van der Waals surface area contributed by atoms with Gasteiger partial charge in [-0.05, 0) is 37.7 Å². The molecule has 1 aromatic heterocycles. The Morgan fingerprint density at radius 1 is 1.31 bits per heavy atom. The maximum atomic E-state index is 6.16. The van der Waals surface area contributed by atoms with E-state index in [1.165, 1.54) is 18.5 Å². The number of piperidine rings is 1. The second-order valence-electron chi connectivity index (χ2n) is 7.12. The van der Waals surface area contributed by atoms with E-state index in [0.29, 0.717) is 11.9 Å². The molecule has 0 saturated carbocycles. The van der Waals surface area contributed by atoms with E-state index in [2.05, 4.69) is 27.9 Å². The molecular weight excluding hydrogens is 328 g/mol. The Morgan fingerprint density at radius 2 is 2.15 bits per heavy atom. The van der Waals surface area contributed by atoms with Gasteiger partial charge in [0.05, 0.1) is 19.7 Å².